The zero-order valence-electron chi connectivity index (χ0n) is 12.3. The van der Waals surface area contributed by atoms with E-state index in [1.165, 1.54) is 12.1 Å². The van der Waals surface area contributed by atoms with Gasteiger partial charge in [0.25, 0.3) is 11.6 Å². The molecule has 3 rings (SSSR count). The average Bonchev–Trinajstić information content (AvgIpc) is 2.89. The number of carbonyl (C=O) groups is 1. The Bertz CT molecular complexity index is 852. The molecule has 0 saturated carbocycles. The highest BCUT2D eigenvalue weighted by atomic mass is 16.6. The molecule has 1 N–H and O–H groups in total. The van der Waals surface area contributed by atoms with Crippen LogP contribution in [-0.4, -0.2) is 16.7 Å². The van der Waals surface area contributed by atoms with Gasteiger partial charge in [-0.15, -0.1) is 0 Å². The molecule has 23 heavy (non-hydrogen) atoms. The van der Waals surface area contributed by atoms with E-state index in [0.29, 0.717) is 11.4 Å². The van der Waals surface area contributed by atoms with Gasteiger partial charge in [-0.2, -0.15) is 0 Å². The molecule has 6 nitrogen and oxygen atoms in total. The van der Waals surface area contributed by atoms with Crippen LogP contribution in [0.2, 0.25) is 0 Å². The smallest absolute Gasteiger partial charge is 0.276 e. The van der Waals surface area contributed by atoms with Crippen molar-refractivity contribution in [1.29, 1.82) is 0 Å². The minimum Gasteiger partial charge on any atom is -0.305 e. The van der Waals surface area contributed by atoms with Gasteiger partial charge >= 0.3 is 0 Å². The third kappa shape index (κ3) is 3.01. The number of benzene rings is 2. The zero-order chi connectivity index (χ0) is 16.4. The summed E-state index contributed by atoms with van der Waals surface area (Å²) in [7, 11) is 0. The SMILES string of the molecule is Cc1ccc(C2=NC(=Cc3ccccc3[N+](=O)[O-])C(=O)N2)cc1. The number of nitrogens with zero attached hydrogens (tertiary/aromatic N) is 2. The summed E-state index contributed by atoms with van der Waals surface area (Å²) in [5.74, 6) is 0.0681. The molecule has 0 radical (unpaired) electrons. The second-order valence-corrected chi connectivity index (χ2v) is 5.13. The Morgan fingerprint density at radius 2 is 1.83 bits per heavy atom. The molecular formula is C17H13N3O3. The summed E-state index contributed by atoms with van der Waals surface area (Å²) in [4.78, 5) is 26.9. The zero-order valence-corrected chi connectivity index (χ0v) is 12.3. The molecule has 0 aliphatic carbocycles. The van der Waals surface area contributed by atoms with Crippen LogP contribution in [0.3, 0.4) is 0 Å². The predicted molar refractivity (Wildman–Crippen MR) is 86.9 cm³/mol. The molecule has 0 aromatic heterocycles. The Labute approximate surface area is 132 Å². The highest BCUT2D eigenvalue weighted by molar-refractivity contribution is 6.19. The van der Waals surface area contributed by atoms with E-state index in [-0.39, 0.29) is 17.3 Å². The molecule has 2 aromatic carbocycles. The van der Waals surface area contributed by atoms with Crippen LogP contribution in [0.5, 0.6) is 0 Å². The molecular weight excluding hydrogens is 294 g/mol. The first kappa shape index (κ1) is 14.6. The summed E-state index contributed by atoms with van der Waals surface area (Å²) in [6.07, 6.45) is 1.43. The molecule has 1 heterocycles. The van der Waals surface area contributed by atoms with E-state index in [9.17, 15) is 14.9 Å². The van der Waals surface area contributed by atoms with Crippen LogP contribution >= 0.6 is 0 Å². The fourth-order valence-electron chi connectivity index (χ4n) is 2.24. The second-order valence-electron chi connectivity index (χ2n) is 5.13. The van der Waals surface area contributed by atoms with Gasteiger partial charge in [0.2, 0.25) is 0 Å². The first-order valence-electron chi connectivity index (χ1n) is 6.97. The summed E-state index contributed by atoms with van der Waals surface area (Å²) < 4.78 is 0. The minimum absolute atomic E-state index is 0.0632. The molecule has 0 atom stereocenters. The number of nitro groups is 1. The molecule has 1 amide bonds. The van der Waals surface area contributed by atoms with Crippen molar-refractivity contribution in [2.24, 2.45) is 4.99 Å². The van der Waals surface area contributed by atoms with Crippen LogP contribution < -0.4 is 5.32 Å². The van der Waals surface area contributed by atoms with Gasteiger partial charge in [-0.3, -0.25) is 14.9 Å². The van der Waals surface area contributed by atoms with Gasteiger partial charge in [-0.1, -0.05) is 42.0 Å². The number of carbonyl (C=O) groups excluding carboxylic acids is 1. The van der Waals surface area contributed by atoms with Crippen molar-refractivity contribution in [3.05, 3.63) is 81.0 Å². The number of nitrogens with one attached hydrogen (secondary N) is 1. The quantitative estimate of drug-likeness (QED) is 0.537. The largest absolute Gasteiger partial charge is 0.305 e. The third-order valence-electron chi connectivity index (χ3n) is 3.45. The molecule has 1 aliphatic rings. The van der Waals surface area contributed by atoms with Gasteiger partial charge in [0.05, 0.1) is 10.5 Å². The molecule has 1 aliphatic heterocycles. The summed E-state index contributed by atoms with van der Waals surface area (Å²) in [6.45, 7) is 1.97. The molecule has 114 valence electrons. The number of aliphatic imine (C=N–C) groups is 1. The number of amides is 1. The summed E-state index contributed by atoms with van der Waals surface area (Å²) in [5.41, 5.74) is 2.32. The van der Waals surface area contributed by atoms with Gasteiger partial charge in [0, 0.05) is 11.6 Å². The number of para-hydroxylation sites is 1. The first-order chi connectivity index (χ1) is 11.0. The van der Waals surface area contributed by atoms with Crippen molar-refractivity contribution in [3.8, 4) is 0 Å². The normalized spacial score (nSPS) is 15.4. The third-order valence-corrected chi connectivity index (χ3v) is 3.45. The Hall–Kier alpha value is -3.28. The Morgan fingerprint density at radius 1 is 1.13 bits per heavy atom. The van der Waals surface area contributed by atoms with E-state index < -0.39 is 4.92 Å². The number of hydrogen-bond acceptors (Lipinski definition) is 4. The number of aryl methyl sites for hydroxylation is 1. The molecule has 0 fully saturated rings. The average molecular weight is 307 g/mol. The molecule has 0 saturated heterocycles. The van der Waals surface area contributed by atoms with Gasteiger partial charge in [0.1, 0.15) is 11.5 Å². The van der Waals surface area contributed by atoms with Gasteiger partial charge in [0.15, 0.2) is 0 Å². The number of rotatable bonds is 3. The van der Waals surface area contributed by atoms with Gasteiger partial charge in [-0.05, 0) is 19.1 Å². The van der Waals surface area contributed by atoms with Crippen molar-refractivity contribution in [1.82, 2.24) is 5.32 Å². The fourth-order valence-corrected chi connectivity index (χ4v) is 2.24. The maximum atomic E-state index is 12.0. The maximum Gasteiger partial charge on any atom is 0.276 e. The number of amidine groups is 1. The Balaban J connectivity index is 1.99. The number of nitro benzene ring substituents is 1. The van der Waals surface area contributed by atoms with Crippen molar-refractivity contribution in [2.75, 3.05) is 0 Å². The molecule has 0 spiro atoms. The lowest BCUT2D eigenvalue weighted by Gasteiger charge is -2.00. The van der Waals surface area contributed by atoms with Gasteiger partial charge in [-0.25, -0.2) is 4.99 Å². The van der Waals surface area contributed by atoms with E-state index in [0.717, 1.165) is 11.1 Å². The van der Waals surface area contributed by atoms with Gasteiger partial charge < -0.3 is 5.32 Å². The molecule has 2 aromatic rings. The van der Waals surface area contributed by atoms with Crippen LogP contribution in [0, 0.1) is 17.0 Å². The van der Waals surface area contributed by atoms with E-state index in [4.69, 9.17) is 0 Å². The second kappa shape index (κ2) is 5.84. The lowest BCUT2D eigenvalue weighted by molar-refractivity contribution is -0.385. The van der Waals surface area contributed by atoms with Crippen LogP contribution in [0.4, 0.5) is 5.69 Å². The van der Waals surface area contributed by atoms with E-state index in [2.05, 4.69) is 10.3 Å². The van der Waals surface area contributed by atoms with Crippen molar-refractivity contribution >= 4 is 23.5 Å². The van der Waals surface area contributed by atoms with Crippen molar-refractivity contribution in [3.63, 3.8) is 0 Å². The van der Waals surface area contributed by atoms with Crippen LogP contribution in [0.1, 0.15) is 16.7 Å². The minimum atomic E-state index is -0.482. The highest BCUT2D eigenvalue weighted by Crippen LogP contribution is 2.22. The summed E-state index contributed by atoms with van der Waals surface area (Å²) in [6, 6.07) is 13.8. The summed E-state index contributed by atoms with van der Waals surface area (Å²) >= 11 is 0. The van der Waals surface area contributed by atoms with Crippen LogP contribution in [0.15, 0.2) is 59.2 Å². The Kier molecular flexibility index (Phi) is 3.72. The lowest BCUT2D eigenvalue weighted by Crippen LogP contribution is -2.24. The van der Waals surface area contributed by atoms with Crippen molar-refractivity contribution in [2.45, 2.75) is 6.92 Å². The topological polar surface area (TPSA) is 84.6 Å². The standard InChI is InChI=1S/C17H13N3O3/c1-11-6-8-12(9-7-11)16-18-14(17(21)19-16)10-13-4-2-3-5-15(13)20(22)23/h2-10H,1H3,(H,18,19,21). The molecule has 6 heteroatoms. The molecule has 0 unspecified atom stereocenters. The fraction of sp³-hybridized carbons (Fsp3) is 0.0588. The number of hydrogen-bond donors (Lipinski definition) is 1. The maximum absolute atomic E-state index is 12.0. The van der Waals surface area contributed by atoms with Crippen molar-refractivity contribution < 1.29 is 9.72 Å². The van der Waals surface area contributed by atoms with Crippen LogP contribution in [0.25, 0.3) is 6.08 Å². The first-order valence-corrected chi connectivity index (χ1v) is 6.97. The lowest BCUT2D eigenvalue weighted by atomic mass is 10.1. The highest BCUT2D eigenvalue weighted by Gasteiger charge is 2.22. The monoisotopic (exact) mass is 307 g/mol. The van der Waals surface area contributed by atoms with E-state index in [1.807, 2.05) is 31.2 Å². The molecule has 0 bridgehead atoms. The Morgan fingerprint density at radius 3 is 2.52 bits per heavy atom. The van der Waals surface area contributed by atoms with E-state index >= 15 is 0 Å². The van der Waals surface area contributed by atoms with E-state index in [1.54, 1.807) is 18.2 Å². The predicted octanol–water partition coefficient (Wildman–Crippen LogP) is 2.82. The summed E-state index contributed by atoms with van der Waals surface area (Å²) in [5, 5.41) is 13.7. The van der Waals surface area contributed by atoms with Crippen LogP contribution in [-0.2, 0) is 4.79 Å².